The lowest BCUT2D eigenvalue weighted by Crippen LogP contribution is -2.63. The highest BCUT2D eigenvalue weighted by Gasteiger charge is 2.43. The molecule has 26 heteroatoms. The van der Waals surface area contributed by atoms with E-state index in [1.807, 2.05) is 20.8 Å². The van der Waals surface area contributed by atoms with Crippen molar-refractivity contribution in [2.24, 2.45) is 23.7 Å². The SMILES string of the molecule is CC[C@H](C)[C@@H]1NC(=O)[C@H](C)N(C)C(=O)C[C@@H](C)N(C)C(=O)[C@H](CC(C)C)NC(=O)C(C)(C)N(C)C(=O)[C@H](CC(C)C)NC(=O)[C@H](CCc2ccc(C(F)(F)F)c(Cl)c2)NC(=O)[C@@H](C)N(C)C(=O)[C@H](CC2CCCCC2)N(C)C(=O)CN(C)C(=O)CN(C)C1=O. The summed E-state index contributed by atoms with van der Waals surface area (Å²) < 4.78 is 41.3. The van der Waals surface area contributed by atoms with Gasteiger partial charge in [-0.2, -0.15) is 13.2 Å². The Hall–Kier alpha value is -6.53. The Bertz CT molecular complexity index is 2690. The summed E-state index contributed by atoms with van der Waals surface area (Å²) in [6.07, 6.45) is -0.216. The molecule has 1 saturated carbocycles. The Labute approximate surface area is 529 Å². The molecular weight excluding hydrogens is 1180 g/mol. The lowest BCUT2D eigenvalue weighted by atomic mass is 9.84. The molecule has 89 heavy (non-hydrogen) atoms. The maximum Gasteiger partial charge on any atom is 0.417 e. The largest absolute Gasteiger partial charge is 0.417 e. The number of halogens is 4. The summed E-state index contributed by atoms with van der Waals surface area (Å²) in [7, 11) is 9.81. The van der Waals surface area contributed by atoms with Gasteiger partial charge in [0.15, 0.2) is 0 Å². The number of likely N-dealkylation sites (N-methyl/N-ethyl adjacent to an activating group) is 7. The van der Waals surface area contributed by atoms with Crippen LogP contribution in [0.5, 0.6) is 0 Å². The summed E-state index contributed by atoms with van der Waals surface area (Å²) in [6, 6.07) is -6.36. The van der Waals surface area contributed by atoms with Crippen LogP contribution in [-0.4, -0.2) is 216 Å². The van der Waals surface area contributed by atoms with Crippen LogP contribution in [0.1, 0.15) is 158 Å². The normalized spacial score (nSPS) is 26.0. The third-order valence-electron chi connectivity index (χ3n) is 17.9. The molecule has 0 aromatic heterocycles. The van der Waals surface area contributed by atoms with E-state index in [1.54, 1.807) is 27.7 Å². The van der Waals surface area contributed by atoms with Crippen LogP contribution in [0.2, 0.25) is 5.02 Å². The van der Waals surface area contributed by atoms with Crippen molar-refractivity contribution in [1.82, 2.24) is 55.6 Å². The minimum atomic E-state index is -4.76. The fourth-order valence-corrected chi connectivity index (χ4v) is 11.1. The molecule has 1 aliphatic carbocycles. The molecule has 1 heterocycles. The summed E-state index contributed by atoms with van der Waals surface area (Å²) in [6.45, 7) is 17.3. The summed E-state index contributed by atoms with van der Waals surface area (Å²) in [4.78, 5) is 166. The number of aryl methyl sites for hydroxylation is 1. The first-order valence-electron chi connectivity index (χ1n) is 31.1. The van der Waals surface area contributed by atoms with E-state index >= 15 is 0 Å². The highest BCUT2D eigenvalue weighted by atomic mass is 35.5. The van der Waals surface area contributed by atoms with Crippen LogP contribution in [-0.2, 0) is 65.3 Å². The fraction of sp³-hybridized carbons (Fsp3) is 0.730. The summed E-state index contributed by atoms with van der Waals surface area (Å²) in [5.74, 6) is -8.24. The molecule has 502 valence electrons. The van der Waals surface area contributed by atoms with Gasteiger partial charge in [-0.15, -0.1) is 0 Å². The number of hydrogen-bond donors (Lipinski definition) is 4. The van der Waals surface area contributed by atoms with Gasteiger partial charge in [-0.1, -0.05) is 97.7 Å². The quantitative estimate of drug-likeness (QED) is 0.222. The van der Waals surface area contributed by atoms with Crippen molar-refractivity contribution >= 4 is 76.6 Å². The van der Waals surface area contributed by atoms with E-state index in [1.165, 1.54) is 97.8 Å². The molecule has 1 saturated heterocycles. The van der Waals surface area contributed by atoms with Crippen molar-refractivity contribution in [1.29, 1.82) is 0 Å². The lowest BCUT2D eigenvalue weighted by molar-refractivity contribution is -0.150. The minimum absolute atomic E-state index is 0.0159. The maximum absolute atomic E-state index is 14.9. The predicted molar refractivity (Wildman–Crippen MR) is 332 cm³/mol. The Morgan fingerprint density at radius 1 is 0.607 bits per heavy atom. The number of carbonyl (C=O) groups excluding carboxylic acids is 11. The number of benzene rings is 1. The van der Waals surface area contributed by atoms with Crippen LogP contribution in [0.15, 0.2) is 18.2 Å². The molecule has 2 fully saturated rings. The second-order valence-corrected chi connectivity index (χ2v) is 26.5. The first-order chi connectivity index (χ1) is 41.2. The summed E-state index contributed by atoms with van der Waals surface area (Å²) in [5, 5.41) is 10.5. The Morgan fingerprint density at radius 2 is 1.13 bits per heavy atom. The van der Waals surface area contributed by atoms with E-state index in [2.05, 4.69) is 21.3 Å². The molecule has 2 aliphatic rings. The fourth-order valence-electron chi connectivity index (χ4n) is 10.8. The average molecular weight is 1280 g/mol. The van der Waals surface area contributed by atoms with Crippen molar-refractivity contribution in [3.05, 3.63) is 34.3 Å². The molecule has 9 atom stereocenters. The topological polar surface area (TPSA) is 259 Å². The van der Waals surface area contributed by atoms with E-state index in [9.17, 15) is 65.9 Å². The monoisotopic (exact) mass is 1280 g/mol. The second-order valence-electron chi connectivity index (χ2n) is 26.1. The number of amides is 11. The third kappa shape index (κ3) is 21.3. The Kier molecular flexibility index (Phi) is 28.9. The van der Waals surface area contributed by atoms with Gasteiger partial charge < -0.3 is 55.6 Å². The van der Waals surface area contributed by atoms with Gasteiger partial charge in [-0.25, -0.2) is 0 Å². The number of alkyl halides is 3. The average Bonchev–Trinajstić information content (AvgIpc) is 1.49. The van der Waals surface area contributed by atoms with Crippen LogP contribution in [0.3, 0.4) is 0 Å². The first kappa shape index (κ1) is 76.7. The Morgan fingerprint density at radius 3 is 1.67 bits per heavy atom. The molecule has 0 bridgehead atoms. The van der Waals surface area contributed by atoms with Gasteiger partial charge in [-0.05, 0) is 108 Å². The zero-order valence-electron chi connectivity index (χ0n) is 55.7. The van der Waals surface area contributed by atoms with Crippen LogP contribution < -0.4 is 21.3 Å². The van der Waals surface area contributed by atoms with Gasteiger partial charge in [0.2, 0.25) is 65.0 Å². The Balaban J connectivity index is 2.21. The van der Waals surface area contributed by atoms with Crippen LogP contribution in [0, 0.1) is 23.7 Å². The van der Waals surface area contributed by atoms with Crippen molar-refractivity contribution in [2.45, 2.75) is 213 Å². The molecular formula is C63H101ClF3N11O11. The number of nitrogens with one attached hydrogen (secondary N) is 4. The lowest BCUT2D eigenvalue weighted by Gasteiger charge is -2.39. The molecule has 0 spiro atoms. The highest BCUT2D eigenvalue weighted by Crippen LogP contribution is 2.35. The molecule has 1 aromatic rings. The standard InChI is InChI=1S/C63H101ClF3N11O11/c1-19-38(6)53-60(88)73(13)34-51(80)72(12)35-52(81)77(17)49(33-42-23-21-20-22-24-42)59(87)76(16)41(9)54(82)68-46(28-26-43-25-27-44(45(64)32-43)63(65,66)67)56(84)69-48(30-37(4)5)58(86)78(18)62(10,11)61(89)70-47(29-36(2)3)57(85)74(14)39(7)31-50(79)75(15)40(8)55(83)71-53/h25,27,32,36-42,46-49,53H,19-24,26,28-31,33-35H2,1-18H3,(H,68,82)(H,69,84)(H,70,89)(H,71,83)/t38-,39+,40-,41+,46-,47-,48-,49-,53-/m0/s1. The predicted octanol–water partition coefficient (Wildman–Crippen LogP) is 5.26. The van der Waals surface area contributed by atoms with Gasteiger partial charge in [-0.3, -0.25) is 52.7 Å². The van der Waals surface area contributed by atoms with Crippen molar-refractivity contribution in [3.8, 4) is 0 Å². The van der Waals surface area contributed by atoms with E-state index in [0.717, 1.165) is 63.8 Å². The highest BCUT2D eigenvalue weighted by molar-refractivity contribution is 6.31. The van der Waals surface area contributed by atoms with Gasteiger partial charge in [0.25, 0.3) is 0 Å². The molecule has 1 aromatic carbocycles. The zero-order valence-corrected chi connectivity index (χ0v) is 56.4. The number of nitrogens with zero attached hydrogens (tertiary/aromatic N) is 7. The van der Waals surface area contributed by atoms with Crippen LogP contribution in [0.4, 0.5) is 13.2 Å². The van der Waals surface area contributed by atoms with Gasteiger partial charge in [0.1, 0.15) is 47.8 Å². The van der Waals surface area contributed by atoms with Crippen molar-refractivity contribution in [3.63, 3.8) is 0 Å². The van der Waals surface area contributed by atoms with E-state index in [-0.39, 0.29) is 61.8 Å². The number of carbonyl (C=O) groups is 11. The number of rotatable bonds is 11. The van der Waals surface area contributed by atoms with Crippen LogP contribution >= 0.6 is 11.6 Å². The van der Waals surface area contributed by atoms with Crippen molar-refractivity contribution < 1.29 is 65.9 Å². The maximum atomic E-state index is 14.9. The molecule has 3 rings (SSSR count). The third-order valence-corrected chi connectivity index (χ3v) is 18.3. The smallest absolute Gasteiger partial charge is 0.343 e. The molecule has 0 unspecified atom stereocenters. The van der Waals surface area contributed by atoms with Crippen molar-refractivity contribution in [2.75, 3.05) is 62.4 Å². The van der Waals surface area contributed by atoms with E-state index in [0.29, 0.717) is 6.42 Å². The van der Waals surface area contributed by atoms with Gasteiger partial charge in [0.05, 0.1) is 23.7 Å². The zero-order chi connectivity index (χ0) is 67.9. The number of hydrogen-bond acceptors (Lipinski definition) is 11. The first-order valence-corrected chi connectivity index (χ1v) is 31.4. The molecule has 22 nitrogen and oxygen atoms in total. The summed E-state index contributed by atoms with van der Waals surface area (Å²) in [5.41, 5.74) is -2.50. The van der Waals surface area contributed by atoms with Gasteiger partial charge >= 0.3 is 6.18 Å². The molecule has 0 radical (unpaired) electrons. The minimum Gasteiger partial charge on any atom is -0.343 e. The molecule has 11 amide bonds. The molecule has 1 aliphatic heterocycles. The second kappa shape index (κ2) is 33.5. The van der Waals surface area contributed by atoms with Gasteiger partial charge in [0, 0.05) is 61.8 Å². The van der Waals surface area contributed by atoms with E-state index in [4.69, 9.17) is 11.6 Å². The van der Waals surface area contributed by atoms with Crippen LogP contribution in [0.25, 0.3) is 0 Å². The molecule has 4 N–H and O–H groups in total. The van der Waals surface area contributed by atoms with E-state index < -0.39 is 155 Å². The summed E-state index contributed by atoms with van der Waals surface area (Å²) >= 11 is 6.10.